The van der Waals surface area contributed by atoms with Crippen LogP contribution in [0.3, 0.4) is 0 Å². The van der Waals surface area contributed by atoms with E-state index in [1.807, 2.05) is 24.3 Å². The Morgan fingerprint density at radius 2 is 2.41 bits per heavy atom. The number of β-amino-alcohol motifs (C(OH)–C–C–N with tert-alkyl or cyclic N) is 1. The van der Waals surface area contributed by atoms with Crippen LogP contribution in [0.4, 0.5) is 0 Å². The minimum absolute atomic E-state index is 0.00122. The summed E-state index contributed by atoms with van der Waals surface area (Å²) in [6, 6.07) is 7.61. The smallest absolute Gasteiger partial charge is 0.159 e. The highest BCUT2D eigenvalue weighted by Crippen LogP contribution is 2.28. The zero-order chi connectivity index (χ0) is 12.3. The number of carbonyl (C=O) groups is 1. The summed E-state index contributed by atoms with van der Waals surface area (Å²) in [5, 5.41) is 13.6. The first-order valence-corrected chi connectivity index (χ1v) is 5.82. The highest BCUT2D eigenvalue weighted by atomic mass is 16.3. The summed E-state index contributed by atoms with van der Waals surface area (Å²) >= 11 is 0. The number of carbonyl (C=O) groups excluding carboxylic acids is 1. The van der Waals surface area contributed by atoms with E-state index in [0.29, 0.717) is 19.4 Å². The van der Waals surface area contributed by atoms with E-state index in [9.17, 15) is 9.90 Å². The number of hydrogen-bond acceptors (Lipinski definition) is 3. The van der Waals surface area contributed by atoms with E-state index in [-0.39, 0.29) is 5.78 Å². The predicted molar refractivity (Wildman–Crippen MR) is 66.7 cm³/mol. The van der Waals surface area contributed by atoms with Crippen LogP contribution in [0.15, 0.2) is 36.9 Å². The molecule has 0 aromatic heterocycles. The fraction of sp³-hybridized carbons (Fsp3) is 0.357. The predicted octanol–water partition coefficient (Wildman–Crippen LogP) is 1.17. The van der Waals surface area contributed by atoms with Gasteiger partial charge in [0.05, 0.1) is 0 Å². The third-order valence-corrected chi connectivity index (χ3v) is 3.20. The van der Waals surface area contributed by atoms with Gasteiger partial charge in [0, 0.05) is 13.0 Å². The largest absolute Gasteiger partial charge is 0.384 e. The second kappa shape index (κ2) is 4.82. The van der Waals surface area contributed by atoms with Gasteiger partial charge in [-0.3, -0.25) is 4.79 Å². The third-order valence-electron chi connectivity index (χ3n) is 3.20. The van der Waals surface area contributed by atoms with Crippen LogP contribution >= 0.6 is 0 Å². The maximum Gasteiger partial charge on any atom is 0.159 e. The molecule has 0 radical (unpaired) electrons. The number of aliphatic hydroxyl groups is 1. The van der Waals surface area contributed by atoms with Crippen molar-refractivity contribution in [3.05, 3.63) is 48.0 Å². The minimum atomic E-state index is -0.784. The standard InChI is InChI=1S/C14H17NO2/c1-2-13(16)9-11-4-3-5-12(8-11)14(17)6-7-15-10-14/h2-5,8,15,17H,1,6-7,9-10H2. The lowest BCUT2D eigenvalue weighted by atomic mass is 9.91. The number of allylic oxidation sites excluding steroid dienone is 1. The van der Waals surface area contributed by atoms with Crippen LogP contribution in [-0.2, 0) is 16.8 Å². The lowest BCUT2D eigenvalue weighted by Gasteiger charge is -2.22. The molecule has 0 amide bonds. The van der Waals surface area contributed by atoms with Crippen molar-refractivity contribution >= 4 is 5.78 Å². The van der Waals surface area contributed by atoms with Gasteiger partial charge in [0.15, 0.2) is 5.78 Å². The zero-order valence-electron chi connectivity index (χ0n) is 9.78. The van der Waals surface area contributed by atoms with E-state index in [1.54, 1.807) is 0 Å². The van der Waals surface area contributed by atoms with Gasteiger partial charge in [0.2, 0.25) is 0 Å². The molecule has 0 aliphatic carbocycles. The minimum Gasteiger partial charge on any atom is -0.384 e. The monoisotopic (exact) mass is 231 g/mol. The summed E-state index contributed by atoms with van der Waals surface area (Å²) in [5.74, 6) is -0.00122. The molecule has 3 heteroatoms. The highest BCUT2D eigenvalue weighted by molar-refractivity contribution is 5.90. The van der Waals surface area contributed by atoms with Gasteiger partial charge in [0.25, 0.3) is 0 Å². The van der Waals surface area contributed by atoms with Gasteiger partial charge in [-0.25, -0.2) is 0 Å². The van der Waals surface area contributed by atoms with E-state index >= 15 is 0 Å². The van der Waals surface area contributed by atoms with Crippen molar-refractivity contribution < 1.29 is 9.90 Å². The first-order valence-electron chi connectivity index (χ1n) is 5.82. The topological polar surface area (TPSA) is 49.3 Å². The average Bonchev–Trinajstić information content (AvgIpc) is 2.78. The summed E-state index contributed by atoms with van der Waals surface area (Å²) < 4.78 is 0. The van der Waals surface area contributed by atoms with E-state index in [4.69, 9.17) is 0 Å². The van der Waals surface area contributed by atoms with Gasteiger partial charge >= 0.3 is 0 Å². The third kappa shape index (κ3) is 2.62. The highest BCUT2D eigenvalue weighted by Gasteiger charge is 2.32. The molecule has 1 heterocycles. The molecule has 0 spiro atoms. The molecule has 1 saturated heterocycles. The molecule has 2 rings (SSSR count). The quantitative estimate of drug-likeness (QED) is 0.765. The fourth-order valence-corrected chi connectivity index (χ4v) is 2.17. The molecular formula is C14H17NO2. The number of benzene rings is 1. The summed E-state index contributed by atoms with van der Waals surface area (Å²) in [4.78, 5) is 11.3. The summed E-state index contributed by atoms with van der Waals surface area (Å²) in [6.07, 6.45) is 2.39. The molecule has 0 saturated carbocycles. The SMILES string of the molecule is C=CC(=O)Cc1cccc(C2(O)CCNC2)c1. The maximum atomic E-state index is 11.3. The molecule has 2 N–H and O–H groups in total. The van der Waals surface area contributed by atoms with Crippen molar-refractivity contribution in [3.8, 4) is 0 Å². The van der Waals surface area contributed by atoms with Crippen LogP contribution < -0.4 is 5.32 Å². The van der Waals surface area contributed by atoms with Gasteiger partial charge in [-0.05, 0) is 30.2 Å². The molecule has 90 valence electrons. The summed E-state index contributed by atoms with van der Waals surface area (Å²) in [6.45, 7) is 4.86. The molecule has 0 bridgehead atoms. The van der Waals surface area contributed by atoms with Crippen LogP contribution in [-0.4, -0.2) is 24.0 Å². The normalized spacial score (nSPS) is 23.6. The Morgan fingerprint density at radius 3 is 3.06 bits per heavy atom. The molecule has 1 aliphatic heterocycles. The van der Waals surface area contributed by atoms with E-state index < -0.39 is 5.60 Å². The summed E-state index contributed by atoms with van der Waals surface area (Å²) in [7, 11) is 0. The molecule has 1 atom stereocenters. The Morgan fingerprint density at radius 1 is 1.59 bits per heavy atom. The molecule has 1 aromatic carbocycles. The Hall–Kier alpha value is -1.45. The molecule has 3 nitrogen and oxygen atoms in total. The molecule has 1 aromatic rings. The molecule has 17 heavy (non-hydrogen) atoms. The van der Waals surface area contributed by atoms with E-state index in [0.717, 1.165) is 17.7 Å². The van der Waals surface area contributed by atoms with Crippen molar-refractivity contribution in [1.82, 2.24) is 5.32 Å². The van der Waals surface area contributed by atoms with Crippen LogP contribution in [0.2, 0.25) is 0 Å². The van der Waals surface area contributed by atoms with Gasteiger partial charge in [-0.1, -0.05) is 30.8 Å². The second-order valence-electron chi connectivity index (χ2n) is 4.51. The van der Waals surface area contributed by atoms with Crippen molar-refractivity contribution in [2.24, 2.45) is 0 Å². The number of ketones is 1. The van der Waals surface area contributed by atoms with E-state index in [1.165, 1.54) is 6.08 Å². The average molecular weight is 231 g/mol. The maximum absolute atomic E-state index is 11.3. The Bertz CT molecular complexity index is 434. The van der Waals surface area contributed by atoms with Crippen LogP contribution in [0, 0.1) is 0 Å². The van der Waals surface area contributed by atoms with Gasteiger partial charge in [0.1, 0.15) is 5.60 Å². The Labute approximate surface area is 101 Å². The molecule has 1 fully saturated rings. The summed E-state index contributed by atoms with van der Waals surface area (Å²) in [5.41, 5.74) is 1.03. The first-order chi connectivity index (χ1) is 8.14. The van der Waals surface area contributed by atoms with Crippen molar-refractivity contribution in [3.63, 3.8) is 0 Å². The lowest BCUT2D eigenvalue weighted by molar-refractivity contribution is -0.114. The number of rotatable bonds is 4. The van der Waals surface area contributed by atoms with Gasteiger partial charge in [-0.2, -0.15) is 0 Å². The van der Waals surface area contributed by atoms with E-state index in [2.05, 4.69) is 11.9 Å². The van der Waals surface area contributed by atoms with Crippen molar-refractivity contribution in [1.29, 1.82) is 0 Å². The van der Waals surface area contributed by atoms with Crippen molar-refractivity contribution in [2.45, 2.75) is 18.4 Å². The van der Waals surface area contributed by atoms with Crippen molar-refractivity contribution in [2.75, 3.05) is 13.1 Å². The number of hydrogen-bond donors (Lipinski definition) is 2. The van der Waals surface area contributed by atoms with Crippen LogP contribution in [0.5, 0.6) is 0 Å². The van der Waals surface area contributed by atoms with Crippen LogP contribution in [0.1, 0.15) is 17.5 Å². The number of nitrogens with one attached hydrogen (secondary N) is 1. The molecular weight excluding hydrogens is 214 g/mol. The van der Waals surface area contributed by atoms with Gasteiger partial charge < -0.3 is 10.4 Å². The Balaban J connectivity index is 2.22. The second-order valence-corrected chi connectivity index (χ2v) is 4.51. The lowest BCUT2D eigenvalue weighted by Crippen LogP contribution is -2.28. The zero-order valence-corrected chi connectivity index (χ0v) is 9.78. The first kappa shape index (κ1) is 12.0. The Kier molecular flexibility index (Phi) is 3.41. The fourth-order valence-electron chi connectivity index (χ4n) is 2.17. The van der Waals surface area contributed by atoms with Gasteiger partial charge in [-0.15, -0.1) is 0 Å². The van der Waals surface area contributed by atoms with Crippen LogP contribution in [0.25, 0.3) is 0 Å². The molecule has 1 unspecified atom stereocenters. The molecule has 1 aliphatic rings.